The highest BCUT2D eigenvalue weighted by molar-refractivity contribution is 5.72. The number of aryl methyl sites for hydroxylation is 1. The van der Waals surface area contributed by atoms with Crippen LogP contribution in [-0.2, 0) is 6.54 Å². The van der Waals surface area contributed by atoms with Crippen LogP contribution >= 0.6 is 0 Å². The molecule has 0 bridgehead atoms. The minimum Gasteiger partial charge on any atom is -0.345 e. The Morgan fingerprint density at radius 1 is 1.75 bits per heavy atom. The van der Waals surface area contributed by atoms with Gasteiger partial charge in [0.05, 0.1) is 11.9 Å². The number of aldehydes is 1. The summed E-state index contributed by atoms with van der Waals surface area (Å²) in [4.78, 5) is 10.4. The molecule has 1 unspecified atom stereocenters. The van der Waals surface area contributed by atoms with Crippen molar-refractivity contribution in [2.45, 2.75) is 26.1 Å². The molecule has 0 fully saturated rings. The number of nitrogens with zero attached hydrogens (tertiary/aromatic N) is 1. The van der Waals surface area contributed by atoms with Crippen molar-refractivity contribution in [1.82, 2.24) is 4.57 Å². The molecule has 2 nitrogen and oxygen atoms in total. The largest absolute Gasteiger partial charge is 0.345 e. The van der Waals surface area contributed by atoms with E-state index in [1.807, 2.05) is 0 Å². The van der Waals surface area contributed by atoms with Crippen LogP contribution in [-0.4, -0.2) is 17.0 Å². The zero-order chi connectivity index (χ0) is 8.97. The Hall–Kier alpha value is -1.12. The van der Waals surface area contributed by atoms with Crippen molar-refractivity contribution in [3.8, 4) is 0 Å². The SMILES string of the molecule is CC(F)CCn1cccc1C=O. The van der Waals surface area contributed by atoms with Crippen LogP contribution in [0.4, 0.5) is 4.39 Å². The molecule has 0 aliphatic rings. The number of aromatic nitrogens is 1. The molecule has 0 aliphatic heterocycles. The highest BCUT2D eigenvalue weighted by atomic mass is 19.1. The average Bonchev–Trinajstić information content (AvgIpc) is 2.47. The lowest BCUT2D eigenvalue weighted by Crippen LogP contribution is -2.05. The summed E-state index contributed by atoms with van der Waals surface area (Å²) in [6, 6.07) is 3.50. The molecule has 0 spiro atoms. The number of halogens is 1. The number of rotatable bonds is 4. The summed E-state index contributed by atoms with van der Waals surface area (Å²) < 4.78 is 14.2. The van der Waals surface area contributed by atoms with E-state index in [9.17, 15) is 9.18 Å². The maximum absolute atomic E-state index is 12.4. The third kappa shape index (κ3) is 2.19. The molecule has 1 rings (SSSR count). The van der Waals surface area contributed by atoms with Crippen LogP contribution in [0.2, 0.25) is 0 Å². The molecule has 0 amide bonds. The highest BCUT2D eigenvalue weighted by Crippen LogP contribution is 2.03. The molecule has 0 saturated carbocycles. The van der Waals surface area contributed by atoms with Gasteiger partial charge < -0.3 is 4.57 Å². The summed E-state index contributed by atoms with van der Waals surface area (Å²) >= 11 is 0. The first kappa shape index (κ1) is 8.97. The van der Waals surface area contributed by atoms with Crippen molar-refractivity contribution in [2.24, 2.45) is 0 Å². The quantitative estimate of drug-likeness (QED) is 0.632. The first-order valence-electron chi connectivity index (χ1n) is 3.98. The van der Waals surface area contributed by atoms with E-state index in [1.165, 1.54) is 6.92 Å². The van der Waals surface area contributed by atoms with Crippen molar-refractivity contribution in [3.63, 3.8) is 0 Å². The van der Waals surface area contributed by atoms with E-state index in [1.54, 1.807) is 22.9 Å². The molecule has 1 aromatic rings. The average molecular weight is 169 g/mol. The van der Waals surface area contributed by atoms with E-state index in [0.29, 0.717) is 18.7 Å². The Balaban J connectivity index is 2.56. The van der Waals surface area contributed by atoms with Gasteiger partial charge in [-0.15, -0.1) is 0 Å². The van der Waals surface area contributed by atoms with E-state index in [0.717, 1.165) is 6.29 Å². The monoisotopic (exact) mass is 169 g/mol. The number of carbonyl (C=O) groups excluding carboxylic acids is 1. The highest BCUT2D eigenvalue weighted by Gasteiger charge is 2.01. The summed E-state index contributed by atoms with van der Waals surface area (Å²) in [6.07, 6.45) is 2.21. The first-order chi connectivity index (χ1) is 5.74. The maximum atomic E-state index is 12.4. The van der Waals surface area contributed by atoms with Gasteiger partial charge in [-0.1, -0.05) is 0 Å². The summed E-state index contributed by atoms with van der Waals surface area (Å²) in [5, 5.41) is 0. The van der Waals surface area contributed by atoms with Gasteiger partial charge in [-0.05, 0) is 25.5 Å². The van der Waals surface area contributed by atoms with Gasteiger partial charge in [0.1, 0.15) is 0 Å². The minimum absolute atomic E-state index is 0.454. The lowest BCUT2D eigenvalue weighted by atomic mass is 10.3. The third-order valence-electron chi connectivity index (χ3n) is 1.75. The molecule has 12 heavy (non-hydrogen) atoms. The number of hydrogen-bond acceptors (Lipinski definition) is 1. The fourth-order valence-corrected chi connectivity index (χ4v) is 1.05. The Morgan fingerprint density at radius 3 is 3.08 bits per heavy atom. The lowest BCUT2D eigenvalue weighted by Gasteiger charge is -2.05. The molecule has 1 aromatic heterocycles. The summed E-state index contributed by atoms with van der Waals surface area (Å²) in [5.74, 6) is 0. The maximum Gasteiger partial charge on any atom is 0.166 e. The summed E-state index contributed by atoms with van der Waals surface area (Å²) in [6.45, 7) is 2.09. The molecule has 66 valence electrons. The molecule has 0 N–H and O–H groups in total. The molecule has 1 atom stereocenters. The van der Waals surface area contributed by atoms with E-state index >= 15 is 0 Å². The van der Waals surface area contributed by atoms with Crippen molar-refractivity contribution in [2.75, 3.05) is 0 Å². The van der Waals surface area contributed by atoms with E-state index in [4.69, 9.17) is 0 Å². The zero-order valence-electron chi connectivity index (χ0n) is 7.03. The number of hydrogen-bond donors (Lipinski definition) is 0. The van der Waals surface area contributed by atoms with E-state index in [2.05, 4.69) is 0 Å². The standard InChI is InChI=1S/C9H12FNO/c1-8(10)4-6-11-5-2-3-9(11)7-12/h2-3,5,7-8H,4,6H2,1H3. The van der Waals surface area contributed by atoms with Crippen LogP contribution in [0, 0.1) is 0 Å². The number of carbonyl (C=O) groups is 1. The molecule has 0 saturated heterocycles. The van der Waals surface area contributed by atoms with Crippen molar-refractivity contribution < 1.29 is 9.18 Å². The Labute approximate surface area is 71.0 Å². The second-order valence-corrected chi connectivity index (χ2v) is 2.81. The van der Waals surface area contributed by atoms with Crippen LogP contribution in [0.15, 0.2) is 18.3 Å². The van der Waals surface area contributed by atoms with Gasteiger partial charge in [-0.3, -0.25) is 4.79 Å². The second kappa shape index (κ2) is 4.04. The fraction of sp³-hybridized carbons (Fsp3) is 0.444. The van der Waals surface area contributed by atoms with E-state index in [-0.39, 0.29) is 0 Å². The molecular weight excluding hydrogens is 157 g/mol. The molecule has 0 radical (unpaired) electrons. The van der Waals surface area contributed by atoms with Gasteiger partial charge >= 0.3 is 0 Å². The molecule has 0 aliphatic carbocycles. The third-order valence-corrected chi connectivity index (χ3v) is 1.75. The normalized spacial score (nSPS) is 12.8. The van der Waals surface area contributed by atoms with E-state index < -0.39 is 6.17 Å². The first-order valence-corrected chi connectivity index (χ1v) is 3.98. The molecule has 0 aromatic carbocycles. The van der Waals surface area contributed by atoms with Crippen molar-refractivity contribution >= 4 is 6.29 Å². The zero-order valence-corrected chi connectivity index (χ0v) is 7.03. The van der Waals surface area contributed by atoms with Gasteiger partial charge in [-0.2, -0.15) is 0 Å². The van der Waals surface area contributed by atoms with Crippen molar-refractivity contribution in [1.29, 1.82) is 0 Å². The van der Waals surface area contributed by atoms with Crippen LogP contribution in [0.1, 0.15) is 23.8 Å². The summed E-state index contributed by atoms with van der Waals surface area (Å²) in [7, 11) is 0. The van der Waals surface area contributed by atoms with Gasteiger partial charge in [-0.25, -0.2) is 4.39 Å². The Morgan fingerprint density at radius 2 is 2.50 bits per heavy atom. The molecule has 3 heteroatoms. The van der Waals surface area contributed by atoms with Gasteiger partial charge in [0.15, 0.2) is 6.29 Å². The smallest absolute Gasteiger partial charge is 0.166 e. The molecular formula is C9H12FNO. The lowest BCUT2D eigenvalue weighted by molar-refractivity contribution is 0.111. The Kier molecular flexibility index (Phi) is 3.02. The predicted octanol–water partition coefficient (Wildman–Crippen LogP) is 2.05. The predicted molar refractivity (Wildman–Crippen MR) is 45.0 cm³/mol. The number of alkyl halides is 1. The fourth-order valence-electron chi connectivity index (χ4n) is 1.05. The van der Waals surface area contributed by atoms with Crippen molar-refractivity contribution in [3.05, 3.63) is 24.0 Å². The summed E-state index contributed by atoms with van der Waals surface area (Å²) in [5.41, 5.74) is 0.607. The van der Waals surface area contributed by atoms with Gasteiger partial charge in [0, 0.05) is 12.7 Å². The minimum atomic E-state index is -0.813. The van der Waals surface area contributed by atoms with Crippen LogP contribution < -0.4 is 0 Å². The van der Waals surface area contributed by atoms with Crippen LogP contribution in [0.5, 0.6) is 0 Å². The Bertz CT molecular complexity index is 255. The second-order valence-electron chi connectivity index (χ2n) is 2.81. The van der Waals surface area contributed by atoms with Crippen LogP contribution in [0.25, 0.3) is 0 Å². The topological polar surface area (TPSA) is 22.0 Å². The molecule has 1 heterocycles. The van der Waals surface area contributed by atoms with Gasteiger partial charge in [0.2, 0.25) is 0 Å². The van der Waals surface area contributed by atoms with Crippen LogP contribution in [0.3, 0.4) is 0 Å². The van der Waals surface area contributed by atoms with Gasteiger partial charge in [0.25, 0.3) is 0 Å².